The van der Waals surface area contributed by atoms with E-state index in [-0.39, 0.29) is 10.6 Å². The van der Waals surface area contributed by atoms with Crippen LogP contribution in [0.2, 0.25) is 5.02 Å². The van der Waals surface area contributed by atoms with Crippen LogP contribution in [0.4, 0.5) is 5.69 Å². The lowest BCUT2D eigenvalue weighted by atomic mass is 10.3. The van der Waals surface area contributed by atoms with Gasteiger partial charge in [0.25, 0.3) is 0 Å². The minimum atomic E-state index is -3.56. The quantitative estimate of drug-likeness (QED) is 0.857. The Morgan fingerprint density at radius 3 is 2.50 bits per heavy atom. The standard InChI is InChI=1S/C13H20ClN3O2S/c1-2-5-16-6-8-17(9-7-16)20(18,19)13-10-11(14)3-4-12(13)15/h3-4,10H,2,5-9,15H2,1H3. The number of piperazine rings is 1. The molecule has 0 radical (unpaired) electrons. The van der Waals surface area contributed by atoms with Crippen LogP contribution < -0.4 is 5.73 Å². The van der Waals surface area contributed by atoms with Crippen molar-refractivity contribution in [3.63, 3.8) is 0 Å². The van der Waals surface area contributed by atoms with Crippen molar-refractivity contribution in [2.75, 3.05) is 38.5 Å². The van der Waals surface area contributed by atoms with Crippen LogP contribution in [0.1, 0.15) is 13.3 Å². The molecular weight excluding hydrogens is 298 g/mol. The van der Waals surface area contributed by atoms with E-state index < -0.39 is 10.0 Å². The molecule has 0 aliphatic carbocycles. The van der Waals surface area contributed by atoms with Crippen LogP contribution in [0, 0.1) is 0 Å². The maximum Gasteiger partial charge on any atom is 0.245 e. The largest absolute Gasteiger partial charge is 0.398 e. The molecule has 1 aromatic carbocycles. The molecule has 1 aromatic rings. The summed E-state index contributed by atoms with van der Waals surface area (Å²) in [6.45, 7) is 5.63. The zero-order chi connectivity index (χ0) is 14.8. The molecule has 1 aliphatic rings. The van der Waals surface area contributed by atoms with Crippen molar-refractivity contribution < 1.29 is 8.42 Å². The summed E-state index contributed by atoms with van der Waals surface area (Å²) in [5.41, 5.74) is 6.02. The van der Waals surface area contributed by atoms with Crippen LogP contribution in [0.5, 0.6) is 0 Å². The summed E-state index contributed by atoms with van der Waals surface area (Å²) in [6.07, 6.45) is 1.08. The van der Waals surface area contributed by atoms with Gasteiger partial charge in [0.15, 0.2) is 0 Å². The highest BCUT2D eigenvalue weighted by molar-refractivity contribution is 7.89. The third-order valence-corrected chi connectivity index (χ3v) is 5.65. The van der Waals surface area contributed by atoms with Crippen LogP contribution in [-0.4, -0.2) is 50.3 Å². The van der Waals surface area contributed by atoms with E-state index in [1.807, 2.05) is 0 Å². The summed E-state index contributed by atoms with van der Waals surface area (Å²) < 4.78 is 26.7. The molecule has 20 heavy (non-hydrogen) atoms. The maximum absolute atomic E-state index is 12.6. The first-order chi connectivity index (χ1) is 9.45. The molecule has 2 rings (SSSR count). The van der Waals surface area contributed by atoms with E-state index in [4.69, 9.17) is 17.3 Å². The van der Waals surface area contributed by atoms with E-state index in [1.165, 1.54) is 16.4 Å². The molecule has 1 heterocycles. The van der Waals surface area contributed by atoms with Crippen molar-refractivity contribution in [2.45, 2.75) is 18.2 Å². The van der Waals surface area contributed by atoms with E-state index in [0.29, 0.717) is 18.1 Å². The normalized spacial score (nSPS) is 18.3. The van der Waals surface area contributed by atoms with Gasteiger partial charge in [0, 0.05) is 31.2 Å². The monoisotopic (exact) mass is 317 g/mol. The van der Waals surface area contributed by atoms with Gasteiger partial charge in [0.2, 0.25) is 10.0 Å². The highest BCUT2D eigenvalue weighted by Gasteiger charge is 2.29. The fourth-order valence-electron chi connectivity index (χ4n) is 2.38. The first-order valence-electron chi connectivity index (χ1n) is 6.72. The minimum absolute atomic E-state index is 0.106. The Bertz CT molecular complexity index is 569. The first-order valence-corrected chi connectivity index (χ1v) is 8.54. The number of halogens is 1. The molecule has 112 valence electrons. The van der Waals surface area contributed by atoms with E-state index in [0.717, 1.165) is 26.1 Å². The summed E-state index contributed by atoms with van der Waals surface area (Å²) in [4.78, 5) is 2.38. The van der Waals surface area contributed by atoms with Crippen molar-refractivity contribution in [2.24, 2.45) is 0 Å². The van der Waals surface area contributed by atoms with Gasteiger partial charge in [0.1, 0.15) is 4.90 Å². The van der Waals surface area contributed by atoms with Crippen LogP contribution in [0.15, 0.2) is 23.1 Å². The van der Waals surface area contributed by atoms with Crippen molar-refractivity contribution in [3.8, 4) is 0 Å². The van der Waals surface area contributed by atoms with Gasteiger partial charge in [-0.2, -0.15) is 4.31 Å². The number of nitrogens with two attached hydrogens (primary N) is 1. The summed E-state index contributed by atoms with van der Waals surface area (Å²) in [6, 6.07) is 4.54. The van der Waals surface area contributed by atoms with Gasteiger partial charge in [-0.15, -0.1) is 0 Å². The van der Waals surface area contributed by atoms with Gasteiger partial charge in [-0.3, -0.25) is 0 Å². The van der Waals surface area contributed by atoms with Crippen LogP contribution in [0.3, 0.4) is 0 Å². The Kier molecular flexibility index (Phi) is 4.90. The minimum Gasteiger partial charge on any atom is -0.398 e. The molecule has 0 aromatic heterocycles. The number of hydrogen-bond donors (Lipinski definition) is 1. The number of rotatable bonds is 4. The summed E-state index contributed by atoms with van der Waals surface area (Å²) >= 11 is 5.88. The Labute approximate surface area is 125 Å². The molecule has 7 heteroatoms. The summed E-state index contributed by atoms with van der Waals surface area (Å²) in [5, 5.41) is 0.377. The van der Waals surface area contributed by atoms with E-state index in [2.05, 4.69) is 11.8 Å². The Balaban J connectivity index is 2.18. The highest BCUT2D eigenvalue weighted by atomic mass is 35.5. The van der Waals surface area contributed by atoms with E-state index in [1.54, 1.807) is 6.07 Å². The second kappa shape index (κ2) is 6.30. The highest BCUT2D eigenvalue weighted by Crippen LogP contribution is 2.26. The fraction of sp³-hybridized carbons (Fsp3) is 0.538. The zero-order valence-electron chi connectivity index (χ0n) is 11.5. The molecule has 5 nitrogen and oxygen atoms in total. The van der Waals surface area contributed by atoms with E-state index in [9.17, 15) is 8.42 Å². The third kappa shape index (κ3) is 3.25. The molecule has 1 saturated heterocycles. The van der Waals surface area contributed by atoms with Crippen LogP contribution in [0.25, 0.3) is 0 Å². The van der Waals surface area contributed by atoms with Crippen molar-refractivity contribution in [3.05, 3.63) is 23.2 Å². The Morgan fingerprint density at radius 2 is 1.90 bits per heavy atom. The second-order valence-corrected chi connectivity index (χ2v) is 7.27. The smallest absolute Gasteiger partial charge is 0.245 e. The number of nitrogen functional groups attached to an aromatic ring is 1. The van der Waals surface area contributed by atoms with Gasteiger partial charge < -0.3 is 10.6 Å². The number of anilines is 1. The average molecular weight is 318 g/mol. The molecule has 0 atom stereocenters. The number of nitrogens with zero attached hydrogens (tertiary/aromatic N) is 2. The van der Waals surface area contributed by atoms with Gasteiger partial charge in [-0.1, -0.05) is 18.5 Å². The number of benzene rings is 1. The molecule has 0 bridgehead atoms. The summed E-state index contributed by atoms with van der Waals surface area (Å²) in [7, 11) is -3.56. The molecule has 1 aliphatic heterocycles. The lowest BCUT2D eigenvalue weighted by Crippen LogP contribution is -2.48. The predicted octanol–water partition coefficient (Wildman–Crippen LogP) is 1.64. The molecule has 2 N–H and O–H groups in total. The maximum atomic E-state index is 12.6. The fourth-order valence-corrected chi connectivity index (χ4v) is 4.18. The van der Waals surface area contributed by atoms with Crippen molar-refractivity contribution in [1.82, 2.24) is 9.21 Å². The van der Waals surface area contributed by atoms with Gasteiger partial charge in [-0.05, 0) is 31.2 Å². The molecular formula is C13H20ClN3O2S. The molecule has 1 fully saturated rings. The average Bonchev–Trinajstić information content (AvgIpc) is 2.42. The number of hydrogen-bond acceptors (Lipinski definition) is 4. The van der Waals surface area contributed by atoms with Crippen LogP contribution >= 0.6 is 11.6 Å². The SMILES string of the molecule is CCCN1CCN(S(=O)(=O)c2cc(Cl)ccc2N)CC1. The molecule has 0 unspecified atom stereocenters. The van der Waals surface area contributed by atoms with Crippen molar-refractivity contribution in [1.29, 1.82) is 0 Å². The number of sulfonamides is 1. The van der Waals surface area contributed by atoms with Crippen molar-refractivity contribution >= 4 is 27.3 Å². The van der Waals surface area contributed by atoms with Gasteiger partial charge >= 0.3 is 0 Å². The zero-order valence-corrected chi connectivity index (χ0v) is 13.1. The molecule has 0 amide bonds. The van der Waals surface area contributed by atoms with Crippen LogP contribution in [-0.2, 0) is 10.0 Å². The third-order valence-electron chi connectivity index (χ3n) is 3.46. The molecule has 0 spiro atoms. The predicted molar refractivity (Wildman–Crippen MR) is 81.4 cm³/mol. The van der Waals surface area contributed by atoms with E-state index >= 15 is 0 Å². The lowest BCUT2D eigenvalue weighted by Gasteiger charge is -2.33. The topological polar surface area (TPSA) is 66.6 Å². The lowest BCUT2D eigenvalue weighted by molar-refractivity contribution is 0.189. The molecule has 0 saturated carbocycles. The summed E-state index contributed by atoms with van der Waals surface area (Å²) in [5.74, 6) is 0. The second-order valence-electron chi connectivity index (χ2n) is 4.93. The van der Waals surface area contributed by atoms with Gasteiger partial charge in [-0.25, -0.2) is 8.42 Å². The Hall–Kier alpha value is -0.820. The first kappa shape index (κ1) is 15.6. The Morgan fingerprint density at radius 1 is 1.25 bits per heavy atom. The van der Waals surface area contributed by atoms with Gasteiger partial charge in [0.05, 0.1) is 5.69 Å².